The summed E-state index contributed by atoms with van der Waals surface area (Å²) in [6.07, 6.45) is 4.08. The van der Waals surface area contributed by atoms with E-state index in [0.717, 1.165) is 31.2 Å². The Bertz CT molecular complexity index is 598. The minimum atomic E-state index is -0.659. The molecule has 0 aromatic heterocycles. The van der Waals surface area contributed by atoms with Gasteiger partial charge in [0.05, 0.1) is 12.0 Å². The van der Waals surface area contributed by atoms with Crippen molar-refractivity contribution < 1.29 is 9.59 Å². The second-order valence-corrected chi connectivity index (χ2v) is 7.20. The largest absolute Gasteiger partial charge is 0.339 e. The third kappa shape index (κ3) is 3.61. The van der Waals surface area contributed by atoms with Crippen LogP contribution in [-0.4, -0.2) is 53.3 Å². The first-order valence-electron chi connectivity index (χ1n) is 8.89. The topological polar surface area (TPSA) is 66.6 Å². The molecule has 24 heavy (non-hydrogen) atoms. The van der Waals surface area contributed by atoms with Crippen LogP contribution in [0.2, 0.25) is 0 Å². The highest BCUT2D eigenvalue weighted by Gasteiger charge is 2.40. The molecule has 130 valence electrons. The summed E-state index contributed by atoms with van der Waals surface area (Å²) >= 11 is 0. The predicted octanol–water partition coefficient (Wildman–Crippen LogP) is 1.48. The number of nitrogens with zero attached hydrogens (tertiary/aromatic N) is 2. The Hall–Kier alpha value is -1.88. The monoisotopic (exact) mass is 329 g/mol. The van der Waals surface area contributed by atoms with E-state index in [0.29, 0.717) is 32.6 Å². The summed E-state index contributed by atoms with van der Waals surface area (Å²) in [5, 5.41) is 0. The van der Waals surface area contributed by atoms with E-state index in [2.05, 4.69) is 0 Å². The smallest absolute Gasteiger partial charge is 0.242 e. The van der Waals surface area contributed by atoms with E-state index in [1.807, 2.05) is 41.0 Å². The molecule has 1 aromatic carbocycles. The molecule has 0 radical (unpaired) electrons. The Morgan fingerprint density at radius 3 is 2.12 bits per heavy atom. The van der Waals surface area contributed by atoms with E-state index in [4.69, 9.17) is 5.73 Å². The van der Waals surface area contributed by atoms with Crippen LogP contribution >= 0.6 is 0 Å². The summed E-state index contributed by atoms with van der Waals surface area (Å²) in [5.41, 5.74) is 7.85. The number of carbonyl (C=O) groups is 2. The van der Waals surface area contributed by atoms with Crippen molar-refractivity contribution in [3.05, 3.63) is 35.4 Å². The minimum Gasteiger partial charge on any atom is -0.339 e. The van der Waals surface area contributed by atoms with Crippen LogP contribution in [0.1, 0.15) is 36.8 Å². The molecular formula is C19H27N3O2. The third-order valence-electron chi connectivity index (χ3n) is 5.32. The van der Waals surface area contributed by atoms with Gasteiger partial charge in [-0.3, -0.25) is 9.59 Å². The number of benzene rings is 1. The van der Waals surface area contributed by atoms with E-state index in [1.165, 1.54) is 5.56 Å². The molecule has 2 aliphatic rings. The number of amides is 2. The molecule has 1 aromatic rings. The van der Waals surface area contributed by atoms with Gasteiger partial charge in [-0.1, -0.05) is 42.7 Å². The van der Waals surface area contributed by atoms with Crippen molar-refractivity contribution in [2.45, 2.75) is 44.6 Å². The SMILES string of the molecule is Cc1ccc(CC(=O)N2CCN(C(=O)C3(N)CCCC3)CC2)cc1. The maximum absolute atomic E-state index is 12.6. The molecule has 1 heterocycles. The maximum atomic E-state index is 12.6. The number of nitrogens with two attached hydrogens (primary N) is 1. The van der Waals surface area contributed by atoms with Crippen molar-refractivity contribution in [3.63, 3.8) is 0 Å². The number of hydrogen-bond donors (Lipinski definition) is 1. The molecule has 2 amide bonds. The van der Waals surface area contributed by atoms with Gasteiger partial charge in [-0.05, 0) is 25.3 Å². The van der Waals surface area contributed by atoms with Crippen LogP contribution in [0.3, 0.4) is 0 Å². The number of carbonyl (C=O) groups excluding carboxylic acids is 2. The summed E-state index contributed by atoms with van der Waals surface area (Å²) in [7, 11) is 0. The fourth-order valence-corrected chi connectivity index (χ4v) is 3.69. The molecule has 0 spiro atoms. The number of aryl methyl sites for hydroxylation is 1. The summed E-state index contributed by atoms with van der Waals surface area (Å²) in [6, 6.07) is 8.07. The molecule has 2 N–H and O–H groups in total. The first-order valence-corrected chi connectivity index (χ1v) is 8.89. The van der Waals surface area contributed by atoms with Crippen LogP contribution in [0.15, 0.2) is 24.3 Å². The van der Waals surface area contributed by atoms with Crippen LogP contribution in [0, 0.1) is 6.92 Å². The zero-order valence-electron chi connectivity index (χ0n) is 14.5. The van der Waals surface area contributed by atoms with Gasteiger partial charge in [0.2, 0.25) is 11.8 Å². The van der Waals surface area contributed by atoms with Gasteiger partial charge >= 0.3 is 0 Å². The lowest BCUT2D eigenvalue weighted by atomic mass is 9.97. The molecule has 1 saturated heterocycles. The van der Waals surface area contributed by atoms with E-state index < -0.39 is 5.54 Å². The number of hydrogen-bond acceptors (Lipinski definition) is 3. The Kier molecular flexibility index (Phi) is 4.90. The summed E-state index contributed by atoms with van der Waals surface area (Å²) < 4.78 is 0. The van der Waals surface area contributed by atoms with Crippen molar-refractivity contribution in [3.8, 4) is 0 Å². The second kappa shape index (κ2) is 6.93. The quantitative estimate of drug-likeness (QED) is 0.913. The Morgan fingerprint density at radius 2 is 1.54 bits per heavy atom. The van der Waals surface area contributed by atoms with Crippen LogP contribution in [-0.2, 0) is 16.0 Å². The van der Waals surface area contributed by atoms with Crippen molar-refractivity contribution in [1.29, 1.82) is 0 Å². The van der Waals surface area contributed by atoms with Gasteiger partial charge in [0.15, 0.2) is 0 Å². The van der Waals surface area contributed by atoms with Crippen molar-refractivity contribution >= 4 is 11.8 Å². The van der Waals surface area contributed by atoms with Crippen LogP contribution < -0.4 is 5.73 Å². The Morgan fingerprint density at radius 1 is 1.00 bits per heavy atom. The molecule has 0 atom stereocenters. The lowest BCUT2D eigenvalue weighted by Crippen LogP contribution is -2.59. The summed E-state index contributed by atoms with van der Waals surface area (Å²) in [5.74, 6) is 0.208. The lowest BCUT2D eigenvalue weighted by molar-refractivity contribution is -0.142. The van der Waals surface area contributed by atoms with Gasteiger partial charge in [-0.25, -0.2) is 0 Å². The van der Waals surface area contributed by atoms with Crippen molar-refractivity contribution in [1.82, 2.24) is 9.80 Å². The molecule has 1 aliphatic carbocycles. The molecule has 0 bridgehead atoms. The Labute approximate surface area is 143 Å². The summed E-state index contributed by atoms with van der Waals surface area (Å²) in [4.78, 5) is 28.8. The summed E-state index contributed by atoms with van der Waals surface area (Å²) in [6.45, 7) is 4.43. The maximum Gasteiger partial charge on any atom is 0.242 e. The van der Waals surface area contributed by atoms with Crippen LogP contribution in [0.4, 0.5) is 0 Å². The van der Waals surface area contributed by atoms with Crippen LogP contribution in [0.5, 0.6) is 0 Å². The normalized spacial score (nSPS) is 20.2. The standard InChI is InChI=1S/C19H27N3O2/c1-15-4-6-16(7-5-15)14-17(23)21-10-12-22(13-11-21)18(24)19(20)8-2-3-9-19/h4-7H,2-3,8-14,20H2,1H3. The highest BCUT2D eigenvalue weighted by molar-refractivity contribution is 5.87. The van der Waals surface area contributed by atoms with Gasteiger partial charge in [-0.2, -0.15) is 0 Å². The third-order valence-corrected chi connectivity index (χ3v) is 5.32. The van der Waals surface area contributed by atoms with Gasteiger partial charge < -0.3 is 15.5 Å². The first kappa shape index (κ1) is 17.0. The predicted molar refractivity (Wildman–Crippen MR) is 93.4 cm³/mol. The van der Waals surface area contributed by atoms with Gasteiger partial charge in [0.25, 0.3) is 0 Å². The minimum absolute atomic E-state index is 0.0747. The number of piperazine rings is 1. The van der Waals surface area contributed by atoms with E-state index >= 15 is 0 Å². The second-order valence-electron chi connectivity index (χ2n) is 7.20. The average Bonchev–Trinajstić information content (AvgIpc) is 3.04. The van der Waals surface area contributed by atoms with Gasteiger partial charge in [-0.15, -0.1) is 0 Å². The zero-order chi connectivity index (χ0) is 17.2. The van der Waals surface area contributed by atoms with Crippen molar-refractivity contribution in [2.24, 2.45) is 5.73 Å². The van der Waals surface area contributed by atoms with E-state index in [-0.39, 0.29) is 11.8 Å². The zero-order valence-corrected chi connectivity index (χ0v) is 14.5. The fourth-order valence-electron chi connectivity index (χ4n) is 3.69. The molecule has 3 rings (SSSR count). The van der Waals surface area contributed by atoms with Crippen molar-refractivity contribution in [2.75, 3.05) is 26.2 Å². The van der Waals surface area contributed by atoms with Gasteiger partial charge in [0, 0.05) is 26.2 Å². The molecule has 5 heteroatoms. The molecule has 5 nitrogen and oxygen atoms in total. The molecule has 2 fully saturated rings. The first-order chi connectivity index (χ1) is 11.5. The van der Waals surface area contributed by atoms with E-state index in [9.17, 15) is 9.59 Å². The molecule has 0 unspecified atom stereocenters. The average molecular weight is 329 g/mol. The fraction of sp³-hybridized carbons (Fsp3) is 0.579. The lowest BCUT2D eigenvalue weighted by Gasteiger charge is -2.38. The molecule has 1 aliphatic heterocycles. The van der Waals surface area contributed by atoms with Crippen LogP contribution in [0.25, 0.3) is 0 Å². The van der Waals surface area contributed by atoms with E-state index in [1.54, 1.807) is 0 Å². The highest BCUT2D eigenvalue weighted by Crippen LogP contribution is 2.29. The Balaban J connectivity index is 1.52. The highest BCUT2D eigenvalue weighted by atomic mass is 16.2. The van der Waals surface area contributed by atoms with Gasteiger partial charge in [0.1, 0.15) is 0 Å². The molecule has 1 saturated carbocycles. The molecular weight excluding hydrogens is 302 g/mol. The number of rotatable bonds is 3.